The summed E-state index contributed by atoms with van der Waals surface area (Å²) < 4.78 is 14.0. The number of allylic oxidation sites excluding steroid dienone is 4. The van der Waals surface area contributed by atoms with Gasteiger partial charge in [-0.3, -0.25) is 14.4 Å². The minimum Gasteiger partial charge on any atom is -0.355 e. The summed E-state index contributed by atoms with van der Waals surface area (Å²) in [4.78, 5) is 48.2. The van der Waals surface area contributed by atoms with Gasteiger partial charge in [-0.05, 0) is 44.4 Å². The summed E-state index contributed by atoms with van der Waals surface area (Å²) in [5.74, 6) is -0.937. The summed E-state index contributed by atoms with van der Waals surface area (Å²) in [5, 5.41) is 2.77. The first-order valence-corrected chi connectivity index (χ1v) is 10.4. The Bertz CT molecular complexity index is 1040. The molecule has 2 aliphatic heterocycles. The molecule has 0 spiro atoms. The SMILES string of the molecule is CC(C(=O)NC1=CCC=C(c2cccnc2F)C=N1)N1CCCC(C=O)=C1C(=O)N(C)C. The van der Waals surface area contributed by atoms with Gasteiger partial charge in [0.2, 0.25) is 11.9 Å². The first-order valence-electron chi connectivity index (χ1n) is 10.4. The van der Waals surface area contributed by atoms with E-state index in [4.69, 9.17) is 0 Å². The van der Waals surface area contributed by atoms with Crippen molar-refractivity contribution in [3.8, 4) is 0 Å². The molecule has 1 aromatic rings. The van der Waals surface area contributed by atoms with Crippen molar-refractivity contribution in [1.29, 1.82) is 0 Å². The van der Waals surface area contributed by atoms with Gasteiger partial charge >= 0.3 is 0 Å². The molecule has 3 heterocycles. The Morgan fingerprint density at radius 1 is 1.31 bits per heavy atom. The minimum atomic E-state index is -0.702. The average Bonchev–Trinajstić information content (AvgIpc) is 3.03. The Morgan fingerprint density at radius 2 is 2.09 bits per heavy atom. The second kappa shape index (κ2) is 10.1. The molecule has 0 saturated heterocycles. The first-order chi connectivity index (χ1) is 15.3. The van der Waals surface area contributed by atoms with Crippen LogP contribution in [0.2, 0.25) is 0 Å². The number of aliphatic imine (C=N–C) groups is 1. The lowest BCUT2D eigenvalue weighted by atomic mass is 10.00. The number of nitrogens with zero attached hydrogens (tertiary/aromatic N) is 4. The Hall–Kier alpha value is -3.62. The fraction of sp³-hybridized carbons (Fsp3) is 0.348. The minimum absolute atomic E-state index is 0.258. The number of nitrogens with one attached hydrogen (secondary N) is 1. The summed E-state index contributed by atoms with van der Waals surface area (Å²) in [6.45, 7) is 2.16. The highest BCUT2D eigenvalue weighted by Gasteiger charge is 2.33. The third-order valence-corrected chi connectivity index (χ3v) is 5.35. The van der Waals surface area contributed by atoms with Crippen LogP contribution in [-0.4, -0.2) is 65.8 Å². The van der Waals surface area contributed by atoms with E-state index in [-0.39, 0.29) is 17.5 Å². The molecule has 2 amide bonds. The van der Waals surface area contributed by atoms with Crippen LogP contribution in [0, 0.1) is 5.95 Å². The molecule has 9 heteroatoms. The van der Waals surface area contributed by atoms with E-state index in [2.05, 4.69) is 15.3 Å². The predicted molar refractivity (Wildman–Crippen MR) is 119 cm³/mol. The van der Waals surface area contributed by atoms with Crippen molar-refractivity contribution in [2.75, 3.05) is 20.6 Å². The summed E-state index contributed by atoms with van der Waals surface area (Å²) in [7, 11) is 3.21. The van der Waals surface area contributed by atoms with Crippen molar-refractivity contribution in [3.63, 3.8) is 0 Å². The highest BCUT2D eigenvalue weighted by Crippen LogP contribution is 2.25. The van der Waals surface area contributed by atoms with E-state index >= 15 is 0 Å². The maximum atomic E-state index is 14.0. The fourth-order valence-electron chi connectivity index (χ4n) is 3.61. The number of carbonyl (C=O) groups excluding carboxylic acids is 3. The topological polar surface area (TPSA) is 95.0 Å². The van der Waals surface area contributed by atoms with Gasteiger partial charge < -0.3 is 15.1 Å². The van der Waals surface area contributed by atoms with Crippen molar-refractivity contribution in [2.24, 2.45) is 4.99 Å². The molecule has 0 bridgehead atoms. The lowest BCUT2D eigenvalue weighted by Gasteiger charge is -2.36. The third kappa shape index (κ3) is 4.99. The number of aldehydes is 1. The van der Waals surface area contributed by atoms with Crippen LogP contribution in [0.25, 0.3) is 5.57 Å². The van der Waals surface area contributed by atoms with E-state index in [1.54, 1.807) is 50.2 Å². The molecular weight excluding hydrogens is 413 g/mol. The number of hydrogen-bond donors (Lipinski definition) is 1. The zero-order valence-corrected chi connectivity index (χ0v) is 18.3. The summed E-state index contributed by atoms with van der Waals surface area (Å²) >= 11 is 0. The van der Waals surface area contributed by atoms with Crippen molar-refractivity contribution < 1.29 is 18.8 Å². The molecular formula is C23H26FN5O3. The van der Waals surface area contributed by atoms with Gasteiger partial charge in [0.1, 0.15) is 23.8 Å². The largest absolute Gasteiger partial charge is 0.355 e. The second-order valence-corrected chi connectivity index (χ2v) is 7.74. The van der Waals surface area contributed by atoms with Crippen molar-refractivity contribution in [1.82, 2.24) is 20.1 Å². The molecule has 168 valence electrons. The molecule has 1 unspecified atom stereocenters. The van der Waals surface area contributed by atoms with Gasteiger partial charge in [-0.2, -0.15) is 4.39 Å². The van der Waals surface area contributed by atoms with Crippen LogP contribution >= 0.6 is 0 Å². The molecule has 0 fully saturated rings. The number of likely N-dealkylation sites (N-methyl/N-ethyl adjacent to an activating group) is 1. The van der Waals surface area contributed by atoms with E-state index in [9.17, 15) is 18.8 Å². The first kappa shape index (κ1) is 23.1. The van der Waals surface area contributed by atoms with Crippen LogP contribution in [0.5, 0.6) is 0 Å². The monoisotopic (exact) mass is 439 g/mol. The van der Waals surface area contributed by atoms with Crippen molar-refractivity contribution in [3.05, 3.63) is 59.1 Å². The Labute approximate surface area is 186 Å². The number of carbonyl (C=O) groups is 3. The van der Waals surface area contributed by atoms with Crippen LogP contribution in [0.4, 0.5) is 4.39 Å². The van der Waals surface area contributed by atoms with Crippen LogP contribution < -0.4 is 5.32 Å². The molecule has 0 saturated carbocycles. The van der Waals surface area contributed by atoms with Gasteiger partial charge in [-0.15, -0.1) is 0 Å². The van der Waals surface area contributed by atoms with E-state index in [1.165, 1.54) is 17.3 Å². The van der Waals surface area contributed by atoms with Crippen LogP contribution in [0.3, 0.4) is 0 Å². The van der Waals surface area contributed by atoms with Crippen LogP contribution in [0.15, 0.2) is 52.6 Å². The van der Waals surface area contributed by atoms with Gasteiger partial charge in [0, 0.05) is 49.8 Å². The summed E-state index contributed by atoms with van der Waals surface area (Å²) in [5.41, 5.74) is 1.55. The van der Waals surface area contributed by atoms with Gasteiger partial charge in [0.15, 0.2) is 0 Å². The predicted octanol–water partition coefficient (Wildman–Crippen LogP) is 2.06. The van der Waals surface area contributed by atoms with Crippen LogP contribution in [-0.2, 0) is 14.4 Å². The van der Waals surface area contributed by atoms with E-state index < -0.39 is 12.0 Å². The van der Waals surface area contributed by atoms with Crippen molar-refractivity contribution >= 4 is 29.9 Å². The normalized spacial score (nSPS) is 17.2. The summed E-state index contributed by atoms with van der Waals surface area (Å²) in [6, 6.07) is 2.55. The van der Waals surface area contributed by atoms with Crippen molar-refractivity contribution in [2.45, 2.75) is 32.2 Å². The number of halogens is 1. The quantitative estimate of drug-likeness (QED) is 0.541. The average molecular weight is 439 g/mol. The maximum Gasteiger partial charge on any atom is 0.270 e. The standard InChI is InChI=1S/C23H26FN5O3/c1-15(29-12-6-8-17(14-30)20(29)23(32)28(2)3)22(31)27-19-10-4-7-16(13-26-19)18-9-5-11-25-21(18)24/h5,7,9-11,13-15H,4,6,8,12H2,1-3H3,(H,27,31). The molecule has 32 heavy (non-hydrogen) atoms. The van der Waals surface area contributed by atoms with Gasteiger partial charge in [-0.1, -0.05) is 6.08 Å². The zero-order chi connectivity index (χ0) is 23.3. The zero-order valence-electron chi connectivity index (χ0n) is 18.3. The Kier molecular flexibility index (Phi) is 7.29. The third-order valence-electron chi connectivity index (χ3n) is 5.35. The van der Waals surface area contributed by atoms with Gasteiger partial charge in [0.05, 0.1) is 0 Å². The lowest BCUT2D eigenvalue weighted by Crippen LogP contribution is -2.49. The number of pyridine rings is 1. The molecule has 1 aromatic heterocycles. The molecule has 0 radical (unpaired) electrons. The molecule has 0 aromatic carbocycles. The molecule has 1 N–H and O–H groups in total. The molecule has 8 nitrogen and oxygen atoms in total. The maximum absolute atomic E-state index is 14.0. The molecule has 0 aliphatic carbocycles. The second-order valence-electron chi connectivity index (χ2n) is 7.74. The number of hydrogen-bond acceptors (Lipinski definition) is 6. The molecule has 2 aliphatic rings. The molecule has 1 atom stereocenters. The Balaban J connectivity index is 1.75. The number of rotatable bonds is 6. The summed E-state index contributed by atoms with van der Waals surface area (Å²) in [6.07, 6.45) is 8.67. The van der Waals surface area contributed by atoms with Gasteiger partial charge in [-0.25, -0.2) is 9.98 Å². The van der Waals surface area contributed by atoms with Crippen LogP contribution in [0.1, 0.15) is 31.7 Å². The number of aromatic nitrogens is 1. The smallest absolute Gasteiger partial charge is 0.270 e. The highest BCUT2D eigenvalue weighted by atomic mass is 19.1. The van der Waals surface area contributed by atoms with E-state index in [0.29, 0.717) is 54.6 Å². The van der Waals surface area contributed by atoms with E-state index in [0.717, 1.165) is 0 Å². The highest BCUT2D eigenvalue weighted by molar-refractivity contribution is 6.10. The Morgan fingerprint density at radius 3 is 2.78 bits per heavy atom. The fourth-order valence-corrected chi connectivity index (χ4v) is 3.61. The lowest BCUT2D eigenvalue weighted by molar-refractivity contribution is -0.129. The van der Waals surface area contributed by atoms with E-state index in [1.807, 2.05) is 0 Å². The number of amides is 2. The molecule has 3 rings (SSSR count). The van der Waals surface area contributed by atoms with Gasteiger partial charge in [0.25, 0.3) is 5.91 Å².